The smallest absolute Gasteiger partial charge is 0.254 e. The zero-order valence-corrected chi connectivity index (χ0v) is 18.3. The molecule has 1 aliphatic heterocycles. The predicted octanol–water partition coefficient (Wildman–Crippen LogP) is 0.761. The minimum Gasteiger partial charge on any atom is -0.372 e. The van der Waals surface area contributed by atoms with Gasteiger partial charge in [-0.15, -0.1) is 0 Å². The fourth-order valence-corrected chi connectivity index (χ4v) is 4.59. The van der Waals surface area contributed by atoms with Crippen molar-refractivity contribution in [2.24, 2.45) is 0 Å². The fraction of sp³-hybridized carbons (Fsp3) is 0.476. The van der Waals surface area contributed by atoms with Gasteiger partial charge >= 0.3 is 0 Å². The Morgan fingerprint density at radius 3 is 2.28 bits per heavy atom. The number of nitrogens with one attached hydrogen (secondary N) is 1. The molecule has 0 bridgehead atoms. The summed E-state index contributed by atoms with van der Waals surface area (Å²) in [5.74, 6) is 0. The number of piperidine rings is 1. The Balaban J connectivity index is 1.67. The van der Waals surface area contributed by atoms with Crippen molar-refractivity contribution < 1.29 is 13.3 Å². The normalized spacial score (nSPS) is 16.2. The molecule has 158 valence electrons. The molecule has 1 aromatic carbocycles. The molecule has 2 aromatic rings. The highest BCUT2D eigenvalue weighted by atomic mass is 32.2. The molecule has 1 unspecified atom stereocenters. The zero-order chi connectivity index (χ0) is 21.0. The van der Waals surface area contributed by atoms with Crippen LogP contribution in [0.4, 0.5) is 5.69 Å². The molecule has 8 heteroatoms. The van der Waals surface area contributed by atoms with Gasteiger partial charge in [-0.25, -0.2) is 12.7 Å². The van der Waals surface area contributed by atoms with E-state index >= 15 is 0 Å². The largest absolute Gasteiger partial charge is 0.372 e. The summed E-state index contributed by atoms with van der Waals surface area (Å²) in [5.41, 5.74) is 2.25. The molecule has 0 spiro atoms. The third-order valence-corrected chi connectivity index (χ3v) is 7.14. The van der Waals surface area contributed by atoms with Crippen molar-refractivity contribution in [3.05, 3.63) is 58.5 Å². The molecule has 1 saturated heterocycles. The van der Waals surface area contributed by atoms with Crippen LogP contribution in [0.25, 0.3) is 0 Å². The first-order valence-electron chi connectivity index (χ1n) is 10.1. The Hall–Kier alpha value is -2.16. The summed E-state index contributed by atoms with van der Waals surface area (Å²) in [5, 5.41) is 0. The molecule has 0 amide bonds. The monoisotopic (exact) mass is 419 g/mol. The topological polar surface area (TPSA) is 67.1 Å². The molecule has 7 nitrogen and oxygen atoms in total. The van der Waals surface area contributed by atoms with Gasteiger partial charge in [-0.1, -0.05) is 12.1 Å². The quantitative estimate of drug-likeness (QED) is 0.720. The molecular weight excluding hydrogens is 388 g/mol. The van der Waals surface area contributed by atoms with Crippen molar-refractivity contribution in [3.63, 3.8) is 0 Å². The number of quaternary nitrogens is 1. The first-order chi connectivity index (χ1) is 13.8. The molecule has 1 fully saturated rings. The molecule has 0 saturated carbocycles. The maximum atomic E-state index is 12.3. The molecule has 1 atom stereocenters. The van der Waals surface area contributed by atoms with E-state index in [1.807, 2.05) is 7.05 Å². The molecule has 0 radical (unpaired) electrons. The predicted molar refractivity (Wildman–Crippen MR) is 115 cm³/mol. The van der Waals surface area contributed by atoms with Gasteiger partial charge in [0.2, 0.25) is 10.0 Å². The van der Waals surface area contributed by atoms with Crippen LogP contribution in [0.3, 0.4) is 0 Å². The van der Waals surface area contributed by atoms with Gasteiger partial charge in [0.25, 0.3) is 5.56 Å². The van der Waals surface area contributed by atoms with Crippen LogP contribution in [0.2, 0.25) is 0 Å². The Kier molecular flexibility index (Phi) is 6.77. The zero-order valence-electron chi connectivity index (χ0n) is 17.5. The Bertz CT molecular complexity index is 978. The van der Waals surface area contributed by atoms with Crippen LogP contribution in [-0.2, 0) is 23.2 Å². The van der Waals surface area contributed by atoms with Gasteiger partial charge in [0, 0.05) is 50.7 Å². The maximum Gasteiger partial charge on any atom is 0.254 e. The minimum atomic E-state index is -3.57. The van der Waals surface area contributed by atoms with E-state index in [1.165, 1.54) is 67.5 Å². The summed E-state index contributed by atoms with van der Waals surface area (Å²) in [7, 11) is 1.40. The summed E-state index contributed by atoms with van der Waals surface area (Å²) < 4.78 is 27.3. The highest BCUT2D eigenvalue weighted by Gasteiger charge is 2.19. The number of pyridine rings is 1. The van der Waals surface area contributed by atoms with Crippen molar-refractivity contribution >= 4 is 15.7 Å². The Morgan fingerprint density at radius 1 is 1.00 bits per heavy atom. The number of hydrogen-bond acceptors (Lipinski definition) is 4. The number of benzene rings is 1. The van der Waals surface area contributed by atoms with Crippen LogP contribution in [0.1, 0.15) is 24.8 Å². The molecular formula is C21H31N4O3S+. The average Bonchev–Trinajstić information content (AvgIpc) is 2.70. The van der Waals surface area contributed by atoms with Crippen LogP contribution in [-0.4, -0.2) is 51.5 Å². The summed E-state index contributed by atoms with van der Waals surface area (Å²) in [6.07, 6.45) is 5.26. The number of sulfonamides is 1. The summed E-state index contributed by atoms with van der Waals surface area (Å²) in [6, 6.07) is 11.3. The van der Waals surface area contributed by atoms with E-state index in [0.717, 1.165) is 28.8 Å². The third-order valence-electron chi connectivity index (χ3n) is 5.34. The highest BCUT2D eigenvalue weighted by molar-refractivity contribution is 7.89. The van der Waals surface area contributed by atoms with Crippen molar-refractivity contribution in [1.29, 1.82) is 0 Å². The van der Waals surface area contributed by atoms with Gasteiger partial charge in [-0.2, -0.15) is 0 Å². The maximum absolute atomic E-state index is 12.3. The third kappa shape index (κ3) is 5.26. The van der Waals surface area contributed by atoms with E-state index < -0.39 is 10.0 Å². The summed E-state index contributed by atoms with van der Waals surface area (Å²) >= 11 is 0. The van der Waals surface area contributed by atoms with Crippen molar-refractivity contribution in [2.75, 3.05) is 39.1 Å². The Morgan fingerprint density at radius 2 is 1.66 bits per heavy atom. The number of aromatic nitrogens is 1. The van der Waals surface area contributed by atoms with Gasteiger partial charge in [0.1, 0.15) is 6.54 Å². The van der Waals surface area contributed by atoms with Crippen LogP contribution in [0.5, 0.6) is 0 Å². The molecule has 1 N–H and O–H groups in total. The first-order valence-corrected chi connectivity index (χ1v) is 11.5. The summed E-state index contributed by atoms with van der Waals surface area (Å²) in [6.45, 7) is 3.39. The van der Waals surface area contributed by atoms with Crippen molar-refractivity contribution in [1.82, 2.24) is 8.87 Å². The lowest BCUT2D eigenvalue weighted by Crippen LogP contribution is -3.07. The average molecular weight is 420 g/mol. The fourth-order valence-electron chi connectivity index (χ4n) is 3.67. The van der Waals surface area contributed by atoms with E-state index in [0.29, 0.717) is 6.67 Å². The summed E-state index contributed by atoms with van der Waals surface area (Å²) in [4.78, 5) is 15.9. The second-order valence-electron chi connectivity index (χ2n) is 7.97. The standard InChI is InChI=1S/C21H30N4O3S/c1-22(2)29(27,28)20-11-12-21(26)25(16-20)17-23(3)15-18-7-9-19(10-8-18)24-13-5-4-6-14-24/h7-12,16H,4-6,13-15,17H2,1-3H3/p+1. The van der Waals surface area contributed by atoms with Crippen molar-refractivity contribution in [2.45, 2.75) is 37.4 Å². The lowest BCUT2D eigenvalue weighted by molar-refractivity contribution is -0.917. The number of anilines is 1. The van der Waals surface area contributed by atoms with Gasteiger partial charge < -0.3 is 9.80 Å². The SMILES string of the molecule is CN(C)S(=O)(=O)c1ccc(=O)n(C[NH+](C)Cc2ccc(N3CCCCC3)cc2)c1. The van der Waals surface area contributed by atoms with E-state index in [1.54, 1.807) is 0 Å². The van der Waals surface area contributed by atoms with E-state index in [4.69, 9.17) is 0 Å². The van der Waals surface area contributed by atoms with Crippen LogP contribution >= 0.6 is 0 Å². The molecule has 0 aliphatic carbocycles. The van der Waals surface area contributed by atoms with Crippen LogP contribution in [0.15, 0.2) is 52.3 Å². The number of hydrogen-bond donors (Lipinski definition) is 1. The lowest BCUT2D eigenvalue weighted by atomic mass is 10.1. The van der Waals surface area contributed by atoms with Gasteiger partial charge in [-0.3, -0.25) is 9.36 Å². The second kappa shape index (κ2) is 9.11. The molecule has 1 aliphatic rings. The van der Waals surface area contributed by atoms with E-state index in [-0.39, 0.29) is 10.5 Å². The Labute approximate surface area is 173 Å². The van der Waals surface area contributed by atoms with E-state index in [9.17, 15) is 13.2 Å². The van der Waals surface area contributed by atoms with Gasteiger partial charge in [-0.05, 0) is 37.5 Å². The first kappa shape index (κ1) is 21.5. The van der Waals surface area contributed by atoms with Crippen LogP contribution < -0.4 is 15.4 Å². The minimum absolute atomic E-state index is 0.126. The van der Waals surface area contributed by atoms with Crippen molar-refractivity contribution in [3.8, 4) is 0 Å². The van der Waals surface area contributed by atoms with Crippen LogP contribution in [0, 0.1) is 0 Å². The highest BCUT2D eigenvalue weighted by Crippen LogP contribution is 2.20. The lowest BCUT2D eigenvalue weighted by Gasteiger charge is -2.29. The number of nitrogens with zero attached hydrogens (tertiary/aromatic N) is 3. The molecule has 2 heterocycles. The molecule has 1 aromatic heterocycles. The second-order valence-corrected chi connectivity index (χ2v) is 10.1. The van der Waals surface area contributed by atoms with E-state index in [2.05, 4.69) is 29.2 Å². The number of rotatable bonds is 7. The molecule has 29 heavy (non-hydrogen) atoms. The molecule has 3 rings (SSSR count). The van der Waals surface area contributed by atoms with Gasteiger partial charge in [0.15, 0.2) is 6.67 Å². The van der Waals surface area contributed by atoms with Gasteiger partial charge in [0.05, 0.1) is 11.9 Å².